The summed E-state index contributed by atoms with van der Waals surface area (Å²) < 4.78 is 2.11. The Bertz CT molecular complexity index is 2580. The van der Waals surface area contributed by atoms with E-state index in [4.69, 9.17) is 0 Å². The van der Waals surface area contributed by atoms with E-state index in [1.165, 1.54) is 15.6 Å². The zero-order valence-electron chi connectivity index (χ0n) is 27.0. The van der Waals surface area contributed by atoms with E-state index in [-0.39, 0.29) is 0 Å². The average Bonchev–Trinajstić information content (AvgIpc) is 3.52. The molecule has 50 heavy (non-hydrogen) atoms. The van der Waals surface area contributed by atoms with Crippen LogP contribution in [0.4, 0.5) is 0 Å². The van der Waals surface area contributed by atoms with Crippen LogP contribution >= 0.6 is 0 Å². The molecule has 1 heterocycles. The summed E-state index contributed by atoms with van der Waals surface area (Å²) in [6.45, 7) is 0. The Labute approximate surface area is 291 Å². The summed E-state index contributed by atoms with van der Waals surface area (Å²) in [6, 6.07) is 65.0. The fraction of sp³-hybridized carbons (Fsp3) is 0. The maximum Gasteiger partial charge on any atom is 0.179 e. The number of rotatable bonds is 6. The van der Waals surface area contributed by atoms with Gasteiger partial charge in [-0.1, -0.05) is 121 Å². The van der Waals surface area contributed by atoms with Crippen molar-refractivity contribution < 1.29 is 0 Å². The third-order valence-electron chi connectivity index (χ3n) is 9.61. The second-order valence-electron chi connectivity index (χ2n) is 12.3. The van der Waals surface area contributed by atoms with Crippen molar-refractivity contribution in [2.75, 3.05) is 0 Å². The Morgan fingerprint density at radius 3 is 1.58 bits per heavy atom. The minimum absolute atomic E-state index is 0.527. The van der Waals surface area contributed by atoms with Gasteiger partial charge in [-0.3, -0.25) is 0 Å². The summed E-state index contributed by atoms with van der Waals surface area (Å²) in [4.78, 5) is 0. The molecule has 8 rings (SSSR count). The van der Waals surface area contributed by atoms with Gasteiger partial charge in [0.05, 0.1) is 45.5 Å². The highest BCUT2D eigenvalue weighted by Crippen LogP contribution is 2.35. The maximum atomic E-state index is 10.5. The molecule has 0 aliphatic carbocycles. The molecule has 7 aromatic carbocycles. The molecule has 5 heteroatoms. The van der Waals surface area contributed by atoms with Gasteiger partial charge >= 0.3 is 0 Å². The third-order valence-corrected chi connectivity index (χ3v) is 14.4. The van der Waals surface area contributed by atoms with Gasteiger partial charge in [0, 0.05) is 10.8 Å². The van der Waals surface area contributed by atoms with E-state index in [1.807, 2.05) is 72.8 Å². The van der Waals surface area contributed by atoms with Gasteiger partial charge in [0.2, 0.25) is 0 Å². The lowest BCUT2D eigenvalue weighted by molar-refractivity contribution is 1.17. The van der Waals surface area contributed by atoms with Crippen LogP contribution in [0.15, 0.2) is 170 Å². The van der Waals surface area contributed by atoms with Crippen molar-refractivity contribution in [2.45, 2.75) is 0 Å². The van der Waals surface area contributed by atoms with Gasteiger partial charge in [-0.25, -0.2) is 0 Å². The highest BCUT2D eigenvalue weighted by Gasteiger charge is 2.41. The fourth-order valence-electron chi connectivity index (χ4n) is 7.43. The number of benzene rings is 7. The van der Waals surface area contributed by atoms with Crippen LogP contribution in [0.5, 0.6) is 0 Å². The van der Waals surface area contributed by atoms with Crippen molar-refractivity contribution in [3.8, 4) is 35.0 Å². The number of hydrogen-bond acceptors (Lipinski definition) is 3. The van der Waals surface area contributed by atoms with Crippen LogP contribution in [0.1, 0.15) is 16.7 Å². The molecule has 0 N–H and O–H groups in total. The average molecular weight is 653 g/mol. The zero-order chi connectivity index (χ0) is 34.1. The van der Waals surface area contributed by atoms with Crippen LogP contribution in [0, 0.1) is 34.0 Å². The van der Waals surface area contributed by atoms with Crippen LogP contribution < -0.4 is 20.7 Å². The molecular weight excluding hydrogens is 625 g/mol. The summed E-state index contributed by atoms with van der Waals surface area (Å²) in [5.74, 6) is 0. The Kier molecular flexibility index (Phi) is 7.63. The molecule has 0 radical (unpaired) electrons. The summed E-state index contributed by atoms with van der Waals surface area (Å²) in [5.41, 5.74) is 6.07. The topological polar surface area (TPSA) is 76.3 Å². The van der Waals surface area contributed by atoms with Crippen molar-refractivity contribution in [1.29, 1.82) is 15.8 Å². The Morgan fingerprint density at radius 1 is 0.400 bits per heavy atom. The van der Waals surface area contributed by atoms with E-state index in [9.17, 15) is 15.8 Å². The first-order valence-corrected chi connectivity index (χ1v) is 18.4. The summed E-state index contributed by atoms with van der Waals surface area (Å²) in [6.07, 6.45) is 0. The van der Waals surface area contributed by atoms with E-state index < -0.39 is 8.07 Å². The summed E-state index contributed by atoms with van der Waals surface area (Å²) >= 11 is 0. The molecule has 0 unspecified atom stereocenters. The van der Waals surface area contributed by atoms with Crippen LogP contribution in [-0.2, 0) is 0 Å². The van der Waals surface area contributed by atoms with Gasteiger partial charge in [0.25, 0.3) is 0 Å². The predicted octanol–water partition coefficient (Wildman–Crippen LogP) is 7.44. The van der Waals surface area contributed by atoms with Crippen LogP contribution in [-0.4, -0.2) is 12.6 Å². The Morgan fingerprint density at radius 2 is 0.980 bits per heavy atom. The van der Waals surface area contributed by atoms with Crippen LogP contribution in [0.3, 0.4) is 0 Å². The van der Waals surface area contributed by atoms with Crippen molar-refractivity contribution in [2.24, 2.45) is 0 Å². The van der Waals surface area contributed by atoms with Gasteiger partial charge in [-0.05, 0) is 80.4 Å². The molecule has 0 amide bonds. The van der Waals surface area contributed by atoms with Gasteiger partial charge in [-0.2, -0.15) is 15.8 Å². The van der Waals surface area contributed by atoms with E-state index in [2.05, 4.69) is 120 Å². The van der Waals surface area contributed by atoms with E-state index in [0.717, 1.165) is 43.8 Å². The molecule has 0 aliphatic heterocycles. The normalized spacial score (nSPS) is 11.1. The first-order chi connectivity index (χ1) is 24.6. The van der Waals surface area contributed by atoms with Crippen molar-refractivity contribution >= 4 is 50.6 Å². The van der Waals surface area contributed by atoms with Crippen molar-refractivity contribution in [3.63, 3.8) is 0 Å². The summed E-state index contributed by atoms with van der Waals surface area (Å²) in [5, 5.41) is 37.2. The number of para-hydroxylation sites is 1. The maximum absolute atomic E-state index is 10.5. The molecule has 0 saturated heterocycles. The van der Waals surface area contributed by atoms with Gasteiger partial charge in [-0.15, -0.1) is 0 Å². The lowest BCUT2D eigenvalue weighted by Gasteiger charge is -2.34. The van der Waals surface area contributed by atoms with E-state index in [1.54, 1.807) is 0 Å². The van der Waals surface area contributed by atoms with E-state index in [0.29, 0.717) is 16.7 Å². The van der Waals surface area contributed by atoms with Crippen LogP contribution in [0.25, 0.3) is 38.6 Å². The molecule has 0 saturated carbocycles. The van der Waals surface area contributed by atoms with Crippen molar-refractivity contribution in [1.82, 2.24) is 4.57 Å². The molecule has 232 valence electrons. The third kappa shape index (κ3) is 4.88. The second-order valence-corrected chi connectivity index (χ2v) is 16.1. The number of fused-ring (bicyclic) bond motifs is 3. The van der Waals surface area contributed by atoms with Gasteiger partial charge in [0.15, 0.2) is 8.07 Å². The quantitative estimate of drug-likeness (QED) is 0.138. The monoisotopic (exact) mass is 652 g/mol. The van der Waals surface area contributed by atoms with Gasteiger partial charge in [0.1, 0.15) is 6.07 Å². The molecule has 0 fully saturated rings. The molecule has 0 spiro atoms. The largest absolute Gasteiger partial charge is 0.308 e. The molecule has 4 nitrogen and oxygen atoms in total. The first kappa shape index (κ1) is 30.4. The fourth-order valence-corrected chi connectivity index (χ4v) is 12.3. The number of hydrogen-bond donors (Lipinski definition) is 0. The highest BCUT2D eigenvalue weighted by molar-refractivity contribution is 7.19. The highest BCUT2D eigenvalue weighted by atomic mass is 28.3. The first-order valence-electron chi connectivity index (χ1n) is 16.4. The lowest BCUT2D eigenvalue weighted by Crippen LogP contribution is -2.74. The van der Waals surface area contributed by atoms with Gasteiger partial charge < -0.3 is 4.57 Å². The smallest absolute Gasteiger partial charge is 0.179 e. The molecule has 0 aliphatic rings. The standard InChI is InChI=1S/C45H28N4Si/c46-29-32-20-23-44-42(26-32)41-18-10-11-19-43(41)49(44)45-28-34(21-22-35(45)31-48)36-24-33(30-47)25-40(27-36)50(37-12-4-1-5-13-37,38-14-6-2-7-15-38)39-16-8-3-9-17-39/h1-28H. The number of nitrogens with zero attached hydrogens (tertiary/aromatic N) is 4. The summed E-state index contributed by atoms with van der Waals surface area (Å²) in [7, 11) is -2.91. The van der Waals surface area contributed by atoms with E-state index >= 15 is 0 Å². The van der Waals surface area contributed by atoms with Crippen molar-refractivity contribution in [3.05, 3.63) is 187 Å². The SMILES string of the molecule is N#Cc1cc(-c2ccc(C#N)c(-n3c4ccccc4c4cc(C#N)ccc43)c2)cc([Si](c2ccccc2)(c2ccccc2)c2ccccc2)c1. The lowest BCUT2D eigenvalue weighted by atomic mass is 10.0. The molecular formula is C45H28N4Si. The molecule has 1 aromatic heterocycles. The second kappa shape index (κ2) is 12.6. The zero-order valence-corrected chi connectivity index (χ0v) is 28.0. The Hall–Kier alpha value is -6.97. The number of nitriles is 3. The molecule has 8 aromatic rings. The van der Waals surface area contributed by atoms with Crippen LogP contribution in [0.2, 0.25) is 0 Å². The molecule has 0 bridgehead atoms. The minimum Gasteiger partial charge on any atom is -0.308 e. The Balaban J connectivity index is 1.42. The minimum atomic E-state index is -2.91. The predicted molar refractivity (Wildman–Crippen MR) is 204 cm³/mol. The molecule has 0 atom stereocenters. The number of aromatic nitrogens is 1.